The third-order valence-electron chi connectivity index (χ3n) is 8.73. The van der Waals surface area contributed by atoms with Crippen LogP contribution >= 0.6 is 11.6 Å². The largest absolute Gasteiger partial charge is 0.360 e. The van der Waals surface area contributed by atoms with Gasteiger partial charge in [0.25, 0.3) is 0 Å². The third-order valence-corrected chi connectivity index (χ3v) is 9.01. The molecule has 0 saturated carbocycles. The lowest BCUT2D eigenvalue weighted by Gasteiger charge is -2.36. The van der Waals surface area contributed by atoms with E-state index in [0.29, 0.717) is 17.0 Å². The molecule has 1 aromatic carbocycles. The van der Waals surface area contributed by atoms with Crippen molar-refractivity contribution in [1.82, 2.24) is 30.1 Å². The van der Waals surface area contributed by atoms with Crippen molar-refractivity contribution >= 4 is 28.5 Å². The van der Waals surface area contributed by atoms with Crippen molar-refractivity contribution < 1.29 is 0 Å². The van der Waals surface area contributed by atoms with Gasteiger partial charge in [0.2, 0.25) is 5.95 Å². The molecule has 1 unspecified atom stereocenters. The average molecular weight is 522 g/mol. The Bertz CT molecular complexity index is 1170. The highest BCUT2D eigenvalue weighted by atomic mass is 35.5. The molecule has 3 fully saturated rings. The maximum absolute atomic E-state index is 6.52. The number of rotatable bonds is 8. The number of piperidine rings is 2. The summed E-state index contributed by atoms with van der Waals surface area (Å²) >= 11 is 6.52. The molecule has 3 saturated heterocycles. The summed E-state index contributed by atoms with van der Waals surface area (Å²) in [5.41, 5.74) is 2.87. The minimum Gasteiger partial charge on any atom is -0.360 e. The first-order chi connectivity index (χ1) is 18.2. The van der Waals surface area contributed by atoms with E-state index in [0.717, 1.165) is 53.5 Å². The molecule has 8 heteroatoms. The molecule has 0 spiro atoms. The van der Waals surface area contributed by atoms with E-state index in [2.05, 4.69) is 42.5 Å². The zero-order valence-corrected chi connectivity index (χ0v) is 22.5. The molecule has 2 aromatic heterocycles. The van der Waals surface area contributed by atoms with Crippen molar-refractivity contribution in [2.45, 2.75) is 44.6 Å². The number of H-pyrrole nitrogens is 1. The molecule has 0 radical (unpaired) electrons. The molecule has 3 aromatic rings. The van der Waals surface area contributed by atoms with Crippen LogP contribution in [0.4, 0.5) is 5.95 Å². The summed E-state index contributed by atoms with van der Waals surface area (Å²) in [7, 11) is 0. The minimum atomic E-state index is 0.379. The molecule has 0 aliphatic carbocycles. The maximum Gasteiger partial charge on any atom is 0.223 e. The van der Waals surface area contributed by atoms with E-state index in [9.17, 15) is 0 Å². The highest BCUT2D eigenvalue weighted by Crippen LogP contribution is 2.32. The summed E-state index contributed by atoms with van der Waals surface area (Å²) < 4.78 is 0. The Kier molecular flexibility index (Phi) is 7.93. The van der Waals surface area contributed by atoms with Gasteiger partial charge in [-0.2, -0.15) is 0 Å². The molecule has 0 bridgehead atoms. The van der Waals surface area contributed by atoms with Gasteiger partial charge in [-0.05, 0) is 89.2 Å². The number of nitrogens with zero attached hydrogens (tertiary/aromatic N) is 4. The van der Waals surface area contributed by atoms with E-state index in [1.54, 1.807) is 6.20 Å². The Labute approximate surface area is 225 Å². The second-order valence-electron chi connectivity index (χ2n) is 11.3. The van der Waals surface area contributed by atoms with Crippen LogP contribution in [-0.2, 0) is 0 Å². The standard InChI is InChI=1S/C29H40ClN7/c30-26-18-33-29(35-28(26)25-17-32-27-4-2-1-3-24(25)27)34-23-10-16-37(20-23)15-9-21-7-13-36(14-8-21)19-22-5-11-31-12-6-22/h1-4,17-18,21-23,31-32H,5-16,19-20H2,(H,33,34,35). The van der Waals surface area contributed by atoms with Crippen molar-refractivity contribution in [3.63, 3.8) is 0 Å². The number of hydrogen-bond acceptors (Lipinski definition) is 6. The first-order valence-corrected chi connectivity index (χ1v) is 14.6. The van der Waals surface area contributed by atoms with Crippen LogP contribution in [0, 0.1) is 11.8 Å². The predicted molar refractivity (Wildman–Crippen MR) is 152 cm³/mol. The minimum absolute atomic E-state index is 0.379. The van der Waals surface area contributed by atoms with Crippen LogP contribution in [0.2, 0.25) is 5.02 Å². The summed E-state index contributed by atoms with van der Waals surface area (Å²) in [6.45, 7) is 9.75. The van der Waals surface area contributed by atoms with Crippen LogP contribution in [-0.4, -0.2) is 83.2 Å². The molecule has 3 N–H and O–H groups in total. The van der Waals surface area contributed by atoms with Crippen LogP contribution in [0.5, 0.6) is 0 Å². The molecular weight excluding hydrogens is 482 g/mol. The van der Waals surface area contributed by atoms with Crippen molar-refractivity contribution in [2.75, 3.05) is 57.7 Å². The SMILES string of the molecule is Clc1cnc(NC2CCN(CCC3CCN(CC4CCNCC4)CC3)C2)nc1-c1c[nH]c2ccccc12. The topological polar surface area (TPSA) is 72.1 Å². The van der Waals surface area contributed by atoms with Crippen molar-refractivity contribution in [2.24, 2.45) is 11.8 Å². The van der Waals surface area contributed by atoms with Crippen molar-refractivity contribution in [3.05, 3.63) is 41.7 Å². The Balaban J connectivity index is 0.970. The molecule has 37 heavy (non-hydrogen) atoms. The third kappa shape index (κ3) is 6.11. The predicted octanol–water partition coefficient (Wildman–Crippen LogP) is 4.87. The monoisotopic (exact) mass is 521 g/mol. The first kappa shape index (κ1) is 25.1. The Hall–Kier alpha value is -2.19. The Morgan fingerprint density at radius 1 is 0.973 bits per heavy atom. The van der Waals surface area contributed by atoms with Crippen LogP contribution in [0.25, 0.3) is 22.2 Å². The fourth-order valence-electron chi connectivity index (χ4n) is 6.48. The molecular formula is C29H40ClN7. The lowest BCUT2D eigenvalue weighted by molar-refractivity contribution is 0.139. The fraction of sp³-hybridized carbons (Fsp3) is 0.586. The van der Waals surface area contributed by atoms with Gasteiger partial charge in [-0.25, -0.2) is 9.97 Å². The number of nitrogens with one attached hydrogen (secondary N) is 3. The van der Waals surface area contributed by atoms with Crippen LogP contribution < -0.4 is 10.6 Å². The van der Waals surface area contributed by atoms with E-state index in [1.165, 1.54) is 71.4 Å². The van der Waals surface area contributed by atoms with Gasteiger partial charge in [-0.3, -0.25) is 0 Å². The molecule has 3 aliphatic heterocycles. The van der Waals surface area contributed by atoms with Gasteiger partial charge < -0.3 is 25.4 Å². The molecule has 5 heterocycles. The van der Waals surface area contributed by atoms with Gasteiger partial charge in [-0.1, -0.05) is 29.8 Å². The van der Waals surface area contributed by atoms with E-state index >= 15 is 0 Å². The molecule has 7 nitrogen and oxygen atoms in total. The second kappa shape index (κ2) is 11.7. The number of aromatic amines is 1. The summed E-state index contributed by atoms with van der Waals surface area (Å²) in [6.07, 6.45) is 11.6. The Morgan fingerprint density at radius 2 is 1.78 bits per heavy atom. The van der Waals surface area contributed by atoms with Gasteiger partial charge in [0, 0.05) is 48.3 Å². The lowest BCUT2D eigenvalue weighted by atomic mass is 9.91. The molecule has 1 atom stereocenters. The van der Waals surface area contributed by atoms with E-state index < -0.39 is 0 Å². The number of para-hydroxylation sites is 1. The highest BCUT2D eigenvalue weighted by molar-refractivity contribution is 6.33. The molecule has 0 amide bonds. The number of halogens is 1. The lowest BCUT2D eigenvalue weighted by Crippen LogP contribution is -2.40. The average Bonchev–Trinajstić information content (AvgIpc) is 3.57. The van der Waals surface area contributed by atoms with Gasteiger partial charge >= 0.3 is 0 Å². The number of aromatic nitrogens is 3. The summed E-state index contributed by atoms with van der Waals surface area (Å²) in [4.78, 5) is 18.0. The number of benzene rings is 1. The summed E-state index contributed by atoms with van der Waals surface area (Å²) in [5.74, 6) is 2.46. The molecule has 6 rings (SSSR count). The van der Waals surface area contributed by atoms with E-state index in [1.807, 2.05) is 18.3 Å². The second-order valence-corrected chi connectivity index (χ2v) is 11.7. The van der Waals surface area contributed by atoms with Gasteiger partial charge in [0.05, 0.1) is 16.9 Å². The van der Waals surface area contributed by atoms with Crippen LogP contribution in [0.1, 0.15) is 38.5 Å². The van der Waals surface area contributed by atoms with Gasteiger partial charge in [0.1, 0.15) is 0 Å². The van der Waals surface area contributed by atoms with Gasteiger partial charge in [-0.15, -0.1) is 0 Å². The summed E-state index contributed by atoms with van der Waals surface area (Å²) in [6, 6.07) is 8.62. The fourth-order valence-corrected chi connectivity index (χ4v) is 6.67. The first-order valence-electron chi connectivity index (χ1n) is 14.2. The van der Waals surface area contributed by atoms with Crippen LogP contribution in [0.15, 0.2) is 36.7 Å². The molecule has 198 valence electrons. The van der Waals surface area contributed by atoms with Crippen LogP contribution in [0.3, 0.4) is 0 Å². The number of likely N-dealkylation sites (tertiary alicyclic amines) is 2. The number of hydrogen-bond donors (Lipinski definition) is 3. The Morgan fingerprint density at radius 3 is 2.65 bits per heavy atom. The zero-order chi connectivity index (χ0) is 25.0. The van der Waals surface area contributed by atoms with E-state index in [4.69, 9.17) is 16.6 Å². The highest BCUT2D eigenvalue weighted by Gasteiger charge is 2.26. The quantitative estimate of drug-likeness (QED) is 0.393. The summed E-state index contributed by atoms with van der Waals surface area (Å²) in [5, 5.41) is 8.78. The zero-order valence-electron chi connectivity index (χ0n) is 21.8. The number of fused-ring (bicyclic) bond motifs is 1. The van der Waals surface area contributed by atoms with Gasteiger partial charge in [0.15, 0.2) is 0 Å². The smallest absolute Gasteiger partial charge is 0.223 e. The van der Waals surface area contributed by atoms with E-state index in [-0.39, 0.29) is 0 Å². The van der Waals surface area contributed by atoms with Crippen molar-refractivity contribution in [1.29, 1.82) is 0 Å². The normalized spacial score (nSPS) is 22.7. The van der Waals surface area contributed by atoms with Crippen molar-refractivity contribution in [3.8, 4) is 11.3 Å². The maximum atomic E-state index is 6.52. The number of anilines is 1. The molecule has 3 aliphatic rings.